The number of benzene rings is 3. The average molecular weight is 555 g/mol. The Balaban J connectivity index is 1.57. The smallest absolute Gasteiger partial charge is 0.408 e. The third-order valence-electron chi connectivity index (χ3n) is 5.63. The highest BCUT2D eigenvalue weighted by atomic mass is 16.6. The van der Waals surface area contributed by atoms with Gasteiger partial charge in [-0.2, -0.15) is 0 Å². The van der Waals surface area contributed by atoms with E-state index in [4.69, 9.17) is 4.74 Å². The first-order valence-electron chi connectivity index (χ1n) is 13.1. The molecule has 3 aromatic rings. The van der Waals surface area contributed by atoms with Crippen LogP contribution >= 0.6 is 0 Å². The van der Waals surface area contributed by atoms with Gasteiger partial charge in [-0.05, 0) is 73.9 Å². The molecule has 8 nitrogen and oxygen atoms in total. The average Bonchev–Trinajstić information content (AvgIpc) is 2.91. The molecule has 0 radical (unpaired) electrons. The number of nitrogens with one attached hydrogen (secondary N) is 2. The van der Waals surface area contributed by atoms with Crippen molar-refractivity contribution in [2.24, 2.45) is 0 Å². The number of phenolic OH excluding ortho intramolecular Hbond substituents is 1. The second-order valence-electron chi connectivity index (χ2n) is 10.4. The molecular formula is C33H34N2O6. The van der Waals surface area contributed by atoms with Crippen molar-refractivity contribution in [1.29, 1.82) is 0 Å². The minimum atomic E-state index is -0.870. The Morgan fingerprint density at radius 1 is 0.805 bits per heavy atom. The fourth-order valence-electron chi connectivity index (χ4n) is 3.67. The van der Waals surface area contributed by atoms with Crippen molar-refractivity contribution < 1.29 is 29.0 Å². The standard InChI is InChI=1S/C33H34N2O6/c1-33(2,3)41-32(40)35-30(21-25-7-5-4-6-8-25)31(39)34-26-15-9-23(10-16-26)13-19-28(37)22-29(38)20-14-24-11-17-27(36)18-12-24/h4-20,30,36H,21-22H2,1-3H3,(H,34,39)(H,35,40)/t30-/m1/s1. The van der Waals surface area contributed by atoms with Crippen LogP contribution in [0.5, 0.6) is 5.75 Å². The van der Waals surface area contributed by atoms with Crippen LogP contribution in [-0.4, -0.2) is 40.3 Å². The summed E-state index contributed by atoms with van der Waals surface area (Å²) in [6.45, 7) is 5.24. The summed E-state index contributed by atoms with van der Waals surface area (Å²) in [7, 11) is 0. The largest absolute Gasteiger partial charge is 0.508 e. The molecule has 0 aliphatic carbocycles. The molecule has 1 atom stereocenters. The first-order valence-corrected chi connectivity index (χ1v) is 13.1. The molecule has 3 N–H and O–H groups in total. The summed E-state index contributed by atoms with van der Waals surface area (Å²) in [5.41, 5.74) is 2.12. The topological polar surface area (TPSA) is 122 Å². The predicted molar refractivity (Wildman–Crippen MR) is 159 cm³/mol. The highest BCUT2D eigenvalue weighted by Gasteiger charge is 2.25. The number of carbonyl (C=O) groups is 4. The Kier molecular flexibility index (Phi) is 10.7. The summed E-state index contributed by atoms with van der Waals surface area (Å²) in [5, 5.41) is 14.8. The number of carbonyl (C=O) groups excluding carboxylic acids is 4. The van der Waals surface area contributed by atoms with Crippen LogP contribution < -0.4 is 10.6 Å². The summed E-state index contributed by atoms with van der Waals surface area (Å²) in [6.07, 6.45) is 5.16. The van der Waals surface area contributed by atoms with Crippen molar-refractivity contribution in [2.45, 2.75) is 45.3 Å². The summed E-state index contributed by atoms with van der Waals surface area (Å²) >= 11 is 0. The Labute approximate surface area is 239 Å². The molecule has 0 bridgehead atoms. The number of ketones is 2. The van der Waals surface area contributed by atoms with Gasteiger partial charge in [0.1, 0.15) is 17.4 Å². The fourth-order valence-corrected chi connectivity index (χ4v) is 3.67. The van der Waals surface area contributed by atoms with Crippen LogP contribution in [0.4, 0.5) is 10.5 Å². The van der Waals surface area contributed by atoms with Crippen molar-refractivity contribution in [2.75, 3.05) is 5.32 Å². The van der Waals surface area contributed by atoms with Crippen LogP contribution in [0.15, 0.2) is 91.0 Å². The lowest BCUT2D eigenvalue weighted by molar-refractivity contribution is -0.122. The molecule has 0 fully saturated rings. The molecule has 0 spiro atoms. The van der Waals surface area contributed by atoms with Gasteiger partial charge in [-0.3, -0.25) is 14.4 Å². The van der Waals surface area contributed by atoms with Crippen LogP contribution in [0.3, 0.4) is 0 Å². The third kappa shape index (κ3) is 11.3. The lowest BCUT2D eigenvalue weighted by Gasteiger charge is -2.23. The molecular weight excluding hydrogens is 520 g/mol. The molecule has 0 saturated heterocycles. The van der Waals surface area contributed by atoms with Gasteiger partial charge in [-0.15, -0.1) is 0 Å². The molecule has 0 aromatic heterocycles. The maximum absolute atomic E-state index is 13.1. The van der Waals surface area contributed by atoms with Gasteiger partial charge in [0.05, 0.1) is 6.42 Å². The molecule has 0 heterocycles. The summed E-state index contributed by atoms with van der Waals surface area (Å²) in [5.74, 6) is -0.959. The van der Waals surface area contributed by atoms with E-state index in [-0.39, 0.29) is 30.2 Å². The van der Waals surface area contributed by atoms with Gasteiger partial charge in [0, 0.05) is 12.1 Å². The van der Waals surface area contributed by atoms with E-state index in [1.807, 2.05) is 30.3 Å². The van der Waals surface area contributed by atoms with E-state index in [0.29, 0.717) is 11.3 Å². The minimum Gasteiger partial charge on any atom is -0.508 e. The van der Waals surface area contributed by atoms with Crippen molar-refractivity contribution in [3.63, 3.8) is 0 Å². The number of alkyl carbamates (subject to hydrolysis) is 1. The normalized spacial score (nSPS) is 12.2. The third-order valence-corrected chi connectivity index (χ3v) is 5.63. The zero-order chi connectivity index (χ0) is 29.8. The fraction of sp³-hybridized carbons (Fsp3) is 0.212. The van der Waals surface area contributed by atoms with Crippen LogP contribution in [0.25, 0.3) is 12.2 Å². The Hall–Kier alpha value is -4.98. The second-order valence-corrected chi connectivity index (χ2v) is 10.4. The van der Waals surface area contributed by atoms with Crippen molar-refractivity contribution in [1.82, 2.24) is 5.32 Å². The molecule has 3 aromatic carbocycles. The number of rotatable bonds is 11. The van der Waals surface area contributed by atoms with Gasteiger partial charge in [-0.25, -0.2) is 4.79 Å². The van der Waals surface area contributed by atoms with Crippen molar-refractivity contribution in [3.05, 3.63) is 108 Å². The Bertz CT molecular complexity index is 1400. The van der Waals surface area contributed by atoms with Crippen LogP contribution in [-0.2, 0) is 25.5 Å². The van der Waals surface area contributed by atoms with Crippen LogP contribution in [0, 0.1) is 0 Å². The zero-order valence-corrected chi connectivity index (χ0v) is 23.3. The molecule has 41 heavy (non-hydrogen) atoms. The Morgan fingerprint density at radius 2 is 1.34 bits per heavy atom. The van der Waals surface area contributed by atoms with Crippen molar-refractivity contribution in [3.8, 4) is 5.75 Å². The summed E-state index contributed by atoms with van der Waals surface area (Å²) < 4.78 is 5.33. The molecule has 0 aliphatic heterocycles. The van der Waals surface area contributed by atoms with Gasteiger partial charge in [0.2, 0.25) is 5.91 Å². The van der Waals surface area contributed by atoms with Gasteiger partial charge in [0.25, 0.3) is 0 Å². The summed E-state index contributed by atoms with van der Waals surface area (Å²) in [4.78, 5) is 49.8. The molecule has 3 rings (SSSR count). The first kappa shape index (κ1) is 30.6. The van der Waals surface area contributed by atoms with E-state index in [2.05, 4.69) is 10.6 Å². The van der Waals surface area contributed by atoms with E-state index < -0.39 is 23.6 Å². The molecule has 0 saturated carbocycles. The lowest BCUT2D eigenvalue weighted by Crippen LogP contribution is -2.47. The monoisotopic (exact) mass is 554 g/mol. The number of ether oxygens (including phenoxy) is 1. The highest BCUT2D eigenvalue weighted by Crippen LogP contribution is 2.14. The van der Waals surface area contributed by atoms with Gasteiger partial charge in [-0.1, -0.05) is 66.7 Å². The predicted octanol–water partition coefficient (Wildman–Crippen LogP) is 5.72. The van der Waals surface area contributed by atoms with Crippen LogP contribution in [0.2, 0.25) is 0 Å². The first-order chi connectivity index (χ1) is 19.5. The van der Waals surface area contributed by atoms with Gasteiger partial charge >= 0.3 is 6.09 Å². The highest BCUT2D eigenvalue weighted by molar-refractivity contribution is 6.10. The molecule has 0 unspecified atom stereocenters. The minimum absolute atomic E-state index is 0.131. The summed E-state index contributed by atoms with van der Waals surface area (Å²) in [6, 6.07) is 21.6. The lowest BCUT2D eigenvalue weighted by atomic mass is 10.1. The van der Waals surface area contributed by atoms with Gasteiger partial charge in [0.15, 0.2) is 11.6 Å². The SMILES string of the molecule is CC(C)(C)OC(=O)N[C@H](Cc1ccccc1)C(=O)Nc1ccc(C=CC(=O)CC(=O)C=Cc2ccc(O)cc2)cc1. The van der Waals surface area contributed by atoms with Gasteiger partial charge < -0.3 is 20.5 Å². The van der Waals surface area contributed by atoms with E-state index >= 15 is 0 Å². The molecule has 2 amide bonds. The maximum atomic E-state index is 13.1. The van der Waals surface area contributed by atoms with E-state index in [1.165, 1.54) is 24.3 Å². The maximum Gasteiger partial charge on any atom is 0.408 e. The molecule has 8 heteroatoms. The number of hydrogen-bond donors (Lipinski definition) is 3. The molecule has 0 aliphatic rings. The number of amides is 2. The quantitative estimate of drug-likeness (QED) is 0.206. The number of allylic oxidation sites excluding steroid dienone is 2. The zero-order valence-electron chi connectivity index (χ0n) is 23.3. The molecule has 212 valence electrons. The number of hydrogen-bond acceptors (Lipinski definition) is 6. The van der Waals surface area contributed by atoms with Crippen molar-refractivity contribution >= 4 is 41.4 Å². The Morgan fingerprint density at radius 3 is 1.88 bits per heavy atom. The number of phenols is 1. The van der Waals surface area contributed by atoms with Crippen LogP contribution in [0.1, 0.15) is 43.9 Å². The van der Waals surface area contributed by atoms with E-state index in [0.717, 1.165) is 11.1 Å². The van der Waals surface area contributed by atoms with E-state index in [1.54, 1.807) is 69.3 Å². The number of aromatic hydroxyl groups is 1. The van der Waals surface area contributed by atoms with E-state index in [9.17, 15) is 24.3 Å². The second kappa shape index (κ2) is 14.4. The number of anilines is 1.